The highest BCUT2D eigenvalue weighted by atomic mass is 32.3. The minimum Gasteiger partial charge on any atom is -0.488 e. The minimum atomic E-state index is -5.46. The summed E-state index contributed by atoms with van der Waals surface area (Å²) >= 11 is 0. The molecule has 15 atom stereocenters. The Morgan fingerprint density at radius 1 is 0.733 bits per heavy atom. The van der Waals surface area contributed by atoms with Crippen LogP contribution in [0.3, 0.4) is 0 Å². The number of nitrogens with one attached hydrogen (secondary N) is 3. The predicted octanol–water partition coefficient (Wildman–Crippen LogP) is -6.63. The molecule has 26 nitrogen and oxygen atoms in total. The van der Waals surface area contributed by atoms with Gasteiger partial charge in [-0.25, -0.2) is 4.79 Å². The fourth-order valence-electron chi connectivity index (χ4n) is 6.64. The van der Waals surface area contributed by atoms with Crippen LogP contribution in [0.5, 0.6) is 5.75 Å². The third-order valence-electron chi connectivity index (χ3n) is 9.56. The summed E-state index contributed by atoms with van der Waals surface area (Å²) in [5.74, 6) is -3.40. The van der Waals surface area contributed by atoms with E-state index in [1.54, 1.807) is 6.92 Å². The van der Waals surface area contributed by atoms with Crippen molar-refractivity contribution in [1.82, 2.24) is 10.6 Å². The number of hydrogen-bond acceptors (Lipinski definition) is 23. The lowest BCUT2D eigenvalue weighted by atomic mass is 9.95. The van der Waals surface area contributed by atoms with Gasteiger partial charge in [0.15, 0.2) is 30.7 Å². The Balaban J connectivity index is 1.55. The summed E-state index contributed by atoms with van der Waals surface area (Å²) in [5.41, 5.74) is -1.36. The number of unbranched alkanes of at least 4 members (excludes halogenated alkanes) is 2. The number of hydrogen-bond donors (Lipinski definition) is 11. The van der Waals surface area contributed by atoms with Crippen molar-refractivity contribution in [3.63, 3.8) is 0 Å². The van der Waals surface area contributed by atoms with Crippen LogP contribution in [-0.4, -0.2) is 191 Å². The first-order valence-electron chi connectivity index (χ1n) is 18.7. The molecule has 2 amide bonds. The molecule has 4 rings (SSSR count). The highest BCUT2D eigenvalue weighted by Crippen LogP contribution is 2.32. The van der Waals surface area contributed by atoms with E-state index < -0.39 is 144 Å². The Morgan fingerprint density at radius 3 is 1.98 bits per heavy atom. The van der Waals surface area contributed by atoms with Crippen LogP contribution < -0.4 is 31.5 Å². The molecule has 342 valence electrons. The molecule has 11 N–H and O–H groups in total. The van der Waals surface area contributed by atoms with Crippen LogP contribution in [-0.2, 0) is 57.4 Å². The molecule has 0 aromatic heterocycles. The maximum absolute atomic E-state index is 12.5. The van der Waals surface area contributed by atoms with Crippen LogP contribution >= 0.6 is 0 Å². The van der Waals surface area contributed by atoms with Crippen molar-refractivity contribution >= 4 is 33.9 Å². The van der Waals surface area contributed by atoms with E-state index in [9.17, 15) is 68.1 Å². The molecule has 0 unspecified atom stereocenters. The number of aliphatic hydroxyl groups excluding tert-OH is 7. The second-order valence-corrected chi connectivity index (χ2v) is 15.0. The number of anilines is 1. The number of aliphatic hydroxyl groups is 7. The van der Waals surface area contributed by atoms with Gasteiger partial charge in [-0.15, -0.1) is 0 Å². The van der Waals surface area contributed by atoms with E-state index in [0.29, 0.717) is 19.3 Å². The molecular formula is C33H51N3O23S. The number of carbonyl (C=O) groups is 3. The van der Waals surface area contributed by atoms with Crippen molar-refractivity contribution in [3.8, 4) is 5.75 Å². The van der Waals surface area contributed by atoms with E-state index in [2.05, 4.69) is 20.1 Å². The van der Waals surface area contributed by atoms with Crippen LogP contribution in [0.15, 0.2) is 9.59 Å². The molecule has 0 bridgehead atoms. The first-order chi connectivity index (χ1) is 28.2. The monoisotopic (exact) mass is 889 g/mol. The zero-order valence-corrected chi connectivity index (χ0v) is 33.2. The molecule has 3 saturated heterocycles. The van der Waals surface area contributed by atoms with Crippen molar-refractivity contribution < 1.29 is 100 Å². The van der Waals surface area contributed by atoms with Gasteiger partial charge in [0, 0.05) is 27.0 Å². The van der Waals surface area contributed by atoms with Gasteiger partial charge in [0.05, 0.1) is 19.8 Å². The van der Waals surface area contributed by atoms with E-state index in [-0.39, 0.29) is 31.2 Å². The number of rotatable bonds is 20. The molecule has 0 saturated carbocycles. The van der Waals surface area contributed by atoms with Crippen LogP contribution in [0.1, 0.15) is 40.0 Å². The van der Waals surface area contributed by atoms with Gasteiger partial charge in [0.25, 0.3) is 10.9 Å². The Kier molecular flexibility index (Phi) is 17.6. The lowest BCUT2D eigenvalue weighted by Crippen LogP contribution is -2.69. The summed E-state index contributed by atoms with van der Waals surface area (Å²) in [6.07, 6.45) is -23.5. The third-order valence-corrected chi connectivity index (χ3v) is 9.93. The summed E-state index contributed by atoms with van der Waals surface area (Å²) in [6, 6.07) is -2.94. The Morgan fingerprint density at radius 2 is 1.37 bits per heavy atom. The average molecular weight is 890 g/mol. The fourth-order valence-corrected chi connectivity index (χ4v) is 6.94. The molecule has 0 radical (unpaired) electrons. The second-order valence-electron chi connectivity index (χ2n) is 14.0. The summed E-state index contributed by atoms with van der Waals surface area (Å²) < 4.78 is 74.7. The largest absolute Gasteiger partial charge is 0.488 e. The van der Waals surface area contributed by atoms with Crippen molar-refractivity contribution in [1.29, 1.82) is 0 Å². The van der Waals surface area contributed by atoms with Crippen molar-refractivity contribution in [2.45, 2.75) is 132 Å². The zero-order chi connectivity index (χ0) is 44.6. The summed E-state index contributed by atoms with van der Waals surface area (Å²) in [4.78, 5) is 60.5. The van der Waals surface area contributed by atoms with Gasteiger partial charge in [0.2, 0.25) is 11.8 Å². The maximum atomic E-state index is 12.5. The first-order valence-corrected chi connectivity index (χ1v) is 20.1. The molecule has 3 aliphatic heterocycles. The lowest BCUT2D eigenvalue weighted by molar-refractivity contribution is -0.345. The first kappa shape index (κ1) is 49.1. The lowest BCUT2D eigenvalue weighted by Gasteiger charge is -2.48. The van der Waals surface area contributed by atoms with E-state index in [1.165, 1.54) is 0 Å². The highest BCUT2D eigenvalue weighted by Gasteiger charge is 2.54. The van der Waals surface area contributed by atoms with E-state index in [1.807, 2.05) is 0 Å². The van der Waals surface area contributed by atoms with Gasteiger partial charge < -0.3 is 89.0 Å². The zero-order valence-electron chi connectivity index (χ0n) is 32.4. The molecule has 1 aromatic carbocycles. The quantitative estimate of drug-likeness (QED) is 0.0329. The Hall–Kier alpha value is -3.52. The van der Waals surface area contributed by atoms with Gasteiger partial charge >= 0.3 is 16.4 Å². The maximum Gasteiger partial charge on any atom is 0.449 e. The van der Waals surface area contributed by atoms with E-state index in [4.69, 9.17) is 37.7 Å². The smallest absolute Gasteiger partial charge is 0.449 e. The second kappa shape index (κ2) is 21.5. The molecule has 60 heavy (non-hydrogen) atoms. The van der Waals surface area contributed by atoms with Gasteiger partial charge in [-0.2, -0.15) is 8.42 Å². The number of amides is 2. The normalized spacial score (nSPS) is 34.8. The summed E-state index contributed by atoms with van der Waals surface area (Å²) in [7, 11) is -5.46. The third kappa shape index (κ3) is 12.1. The molecular weight excluding hydrogens is 838 g/mol. The standard InChI is InChI=1S/C33H51N3O23S/c1-4-52-27-16(21(42)24(27)45)34-8-6-5-7-9-53-32-18(36-13(3)39)28(57-33-26(47)23(44)25(46)29(58-33)30(48)59-60(49,50)51)20(41)15(56-32)11-54-31-17(35-12(2)38)22(43)19(40)14(10-37)55-31/h14-15,17-20,22-23,25-26,28-29,31-34,37,40-41,43-44,46-47H,4-11H2,1-3H3,(H,35,38)(H,36,39)(H,49,50,51)/t14-,15-,17-,18-,19+,20+,22-,23+,25+,26-,28-,29+,31-,32-,33-/m1/s1. The van der Waals surface area contributed by atoms with Crippen molar-refractivity contribution in [2.24, 2.45) is 0 Å². The van der Waals surface area contributed by atoms with Gasteiger partial charge in [-0.05, 0) is 26.2 Å². The van der Waals surface area contributed by atoms with Gasteiger partial charge in [0.1, 0.15) is 72.7 Å². The van der Waals surface area contributed by atoms with Gasteiger partial charge in [-0.1, -0.05) is 0 Å². The van der Waals surface area contributed by atoms with E-state index in [0.717, 1.165) is 13.8 Å². The summed E-state index contributed by atoms with van der Waals surface area (Å²) in [6.45, 7) is 2.69. The molecule has 3 aliphatic rings. The van der Waals surface area contributed by atoms with Crippen molar-refractivity contribution in [2.75, 3.05) is 38.3 Å². The predicted molar refractivity (Wildman–Crippen MR) is 194 cm³/mol. The minimum absolute atomic E-state index is 0.0464. The molecule has 27 heteroatoms. The Bertz CT molecular complexity index is 1790. The van der Waals surface area contributed by atoms with Crippen LogP contribution in [0.25, 0.3) is 0 Å². The summed E-state index contributed by atoms with van der Waals surface area (Å²) in [5, 5.41) is 81.8. The number of ether oxygens (including phenoxy) is 7. The highest BCUT2D eigenvalue weighted by molar-refractivity contribution is 7.81. The molecule has 3 fully saturated rings. The SMILES string of the molecule is CCOc1c(NCCCCCO[C@@H]2O[C@H](CO[C@@H]3O[C@H](CO)[C@H](O)[C@H](O)[C@H]3NC(C)=O)[C@H](O)[C@H](O[C@@H]3O[C@H](C(=O)OS(=O)(=O)O)[C@@H](O)[C@H](O)[C@H]3O)[C@H]2NC(C)=O)c(=O)c1=O. The molecule has 0 spiro atoms. The van der Waals surface area contributed by atoms with Crippen molar-refractivity contribution in [3.05, 3.63) is 20.4 Å². The molecule has 0 aliphatic carbocycles. The molecule has 1 aromatic rings. The van der Waals surface area contributed by atoms with Crippen LogP contribution in [0.4, 0.5) is 5.69 Å². The Labute approximate surface area is 341 Å². The topological polar surface area (TPSA) is 391 Å². The fraction of sp³-hybridized carbons (Fsp3) is 0.788. The van der Waals surface area contributed by atoms with Gasteiger partial charge in [-0.3, -0.25) is 23.7 Å². The van der Waals surface area contributed by atoms with E-state index >= 15 is 0 Å². The van der Waals surface area contributed by atoms with Crippen LogP contribution in [0.2, 0.25) is 0 Å². The number of carbonyl (C=O) groups excluding carboxylic acids is 3. The average Bonchev–Trinajstić information content (AvgIpc) is 3.17. The van der Waals surface area contributed by atoms with Crippen LogP contribution in [0, 0.1) is 0 Å². The molecule has 3 heterocycles.